The fourth-order valence-electron chi connectivity index (χ4n) is 4.60. The quantitative estimate of drug-likeness (QED) is 0.469. The smallest absolute Gasteiger partial charge is 0.139 e. The zero-order valence-electron chi connectivity index (χ0n) is 16.6. The Morgan fingerprint density at radius 2 is 1.93 bits per heavy atom. The summed E-state index contributed by atoms with van der Waals surface area (Å²) in [4.78, 5) is 8.19. The fourth-order valence-corrected chi connectivity index (χ4v) is 4.60. The van der Waals surface area contributed by atoms with Crippen LogP contribution in [0.2, 0.25) is 0 Å². The van der Waals surface area contributed by atoms with Crippen LogP contribution in [0.15, 0.2) is 54.7 Å². The third kappa shape index (κ3) is 3.67. The second kappa shape index (κ2) is 7.99. The van der Waals surface area contributed by atoms with Crippen molar-refractivity contribution in [2.75, 3.05) is 13.1 Å². The predicted molar refractivity (Wildman–Crippen MR) is 117 cm³/mol. The zero-order valence-corrected chi connectivity index (χ0v) is 16.6. The van der Waals surface area contributed by atoms with Gasteiger partial charge in [-0.05, 0) is 69.0 Å². The maximum absolute atomic E-state index is 14.6. The lowest BCUT2D eigenvalue weighted by Gasteiger charge is -2.25. The Bertz CT molecular complexity index is 1070. The molecule has 3 heterocycles. The van der Waals surface area contributed by atoms with Crippen molar-refractivity contribution in [2.24, 2.45) is 5.92 Å². The van der Waals surface area contributed by atoms with Crippen LogP contribution in [0.3, 0.4) is 0 Å². The lowest BCUT2D eigenvalue weighted by Crippen LogP contribution is -2.32. The number of nitrogens with zero attached hydrogens (tertiary/aromatic N) is 2. The molecule has 5 heteroatoms. The van der Waals surface area contributed by atoms with E-state index in [0.717, 1.165) is 61.3 Å². The highest BCUT2D eigenvalue weighted by atomic mass is 19.1. The molecule has 150 valence electrons. The van der Waals surface area contributed by atoms with Crippen molar-refractivity contribution in [3.05, 3.63) is 54.7 Å². The fraction of sp³-hybridized carbons (Fsp3) is 0.375. The van der Waals surface area contributed by atoms with Crippen molar-refractivity contribution in [1.29, 1.82) is 0 Å². The van der Waals surface area contributed by atoms with Crippen molar-refractivity contribution >= 4 is 21.9 Å². The second-order valence-corrected chi connectivity index (χ2v) is 8.10. The summed E-state index contributed by atoms with van der Waals surface area (Å²) in [6.07, 6.45) is 4.89. The molecular weight excluding hydrogens is 363 g/mol. The molecule has 1 atom stereocenters. The van der Waals surface area contributed by atoms with Crippen LogP contribution in [0.1, 0.15) is 25.7 Å². The van der Waals surface area contributed by atoms with E-state index in [2.05, 4.69) is 45.3 Å². The maximum atomic E-state index is 14.6. The molecule has 2 N–H and O–H groups in total. The molecule has 1 saturated heterocycles. The molecule has 4 nitrogen and oxygen atoms in total. The summed E-state index contributed by atoms with van der Waals surface area (Å²) in [6.45, 7) is 2.76. The standard InChI is InChI=1S/C24H27FN4/c25-20(17-10-13-26-14-11-17)6-4-15-29-16-12-18-19(5-3-9-23(18)29)24-27-21-7-1-2-8-22(21)28-24/h1-3,5,7-9,12,16-17,20,26H,4,6,10-11,13-15H2,(H,27,28). The van der Waals surface area contributed by atoms with Crippen molar-refractivity contribution in [1.82, 2.24) is 19.9 Å². The Kier molecular flexibility index (Phi) is 5.06. The normalized spacial score (nSPS) is 16.6. The van der Waals surface area contributed by atoms with Crippen LogP contribution >= 0.6 is 0 Å². The van der Waals surface area contributed by atoms with Gasteiger partial charge in [-0.15, -0.1) is 0 Å². The van der Waals surface area contributed by atoms with Crippen LogP contribution in [-0.4, -0.2) is 33.8 Å². The number of benzene rings is 2. The summed E-state index contributed by atoms with van der Waals surface area (Å²) in [5.41, 5.74) is 4.31. The van der Waals surface area contributed by atoms with Crippen molar-refractivity contribution in [3.8, 4) is 11.4 Å². The summed E-state index contributed by atoms with van der Waals surface area (Å²) in [5, 5.41) is 4.50. The van der Waals surface area contributed by atoms with Gasteiger partial charge < -0.3 is 14.9 Å². The zero-order chi connectivity index (χ0) is 19.6. The van der Waals surface area contributed by atoms with Gasteiger partial charge >= 0.3 is 0 Å². The van der Waals surface area contributed by atoms with E-state index < -0.39 is 6.17 Å². The number of fused-ring (bicyclic) bond motifs is 2. The average molecular weight is 391 g/mol. The minimum absolute atomic E-state index is 0.234. The van der Waals surface area contributed by atoms with Crippen molar-refractivity contribution in [2.45, 2.75) is 38.4 Å². The molecule has 1 aliphatic rings. The van der Waals surface area contributed by atoms with E-state index in [-0.39, 0.29) is 5.92 Å². The number of H-pyrrole nitrogens is 1. The lowest BCUT2D eigenvalue weighted by molar-refractivity contribution is 0.173. The molecule has 0 radical (unpaired) electrons. The minimum Gasteiger partial charge on any atom is -0.347 e. The van der Waals surface area contributed by atoms with Gasteiger partial charge in [-0.2, -0.15) is 0 Å². The van der Waals surface area contributed by atoms with Crippen molar-refractivity contribution in [3.63, 3.8) is 0 Å². The lowest BCUT2D eigenvalue weighted by atomic mass is 9.91. The topological polar surface area (TPSA) is 45.6 Å². The Hall–Kier alpha value is -2.66. The average Bonchev–Trinajstić information content (AvgIpc) is 3.38. The molecule has 0 bridgehead atoms. The van der Waals surface area contributed by atoms with Gasteiger partial charge in [0.2, 0.25) is 0 Å². The number of nitrogens with one attached hydrogen (secondary N) is 2. The van der Waals surface area contributed by atoms with Crippen LogP contribution in [-0.2, 0) is 6.54 Å². The number of halogens is 1. The summed E-state index contributed by atoms with van der Waals surface area (Å²) < 4.78 is 16.8. The molecule has 1 fully saturated rings. The van der Waals surface area contributed by atoms with Gasteiger partial charge in [0.25, 0.3) is 0 Å². The van der Waals surface area contributed by atoms with E-state index in [4.69, 9.17) is 4.98 Å². The molecular formula is C24H27FN4. The highest BCUT2D eigenvalue weighted by Crippen LogP contribution is 2.30. The number of alkyl halides is 1. The van der Waals surface area contributed by atoms with Crippen LogP contribution in [0.25, 0.3) is 33.3 Å². The Labute approximate surface area is 170 Å². The predicted octanol–water partition coefficient (Wildman–Crippen LogP) is 5.30. The monoisotopic (exact) mass is 390 g/mol. The van der Waals surface area contributed by atoms with Crippen molar-refractivity contribution < 1.29 is 4.39 Å². The first-order valence-corrected chi connectivity index (χ1v) is 10.7. The van der Waals surface area contributed by atoms with Gasteiger partial charge in [0.15, 0.2) is 0 Å². The number of imidazole rings is 1. The van der Waals surface area contributed by atoms with E-state index in [1.54, 1.807) is 0 Å². The van der Waals surface area contributed by atoms with E-state index in [1.165, 1.54) is 10.9 Å². The number of aromatic amines is 1. The summed E-state index contributed by atoms with van der Waals surface area (Å²) in [6, 6.07) is 16.6. The van der Waals surface area contributed by atoms with E-state index in [1.807, 2.05) is 24.3 Å². The summed E-state index contributed by atoms with van der Waals surface area (Å²) >= 11 is 0. The third-order valence-corrected chi connectivity index (χ3v) is 6.23. The minimum atomic E-state index is -0.676. The van der Waals surface area contributed by atoms with Crippen LogP contribution in [0.5, 0.6) is 0 Å². The number of piperidine rings is 1. The molecule has 2 aromatic carbocycles. The first kappa shape index (κ1) is 18.4. The van der Waals surface area contributed by atoms with Gasteiger partial charge in [-0.1, -0.05) is 24.3 Å². The van der Waals surface area contributed by atoms with Gasteiger partial charge in [-0.25, -0.2) is 9.37 Å². The molecule has 1 aliphatic heterocycles. The maximum Gasteiger partial charge on any atom is 0.139 e. The molecule has 4 aromatic rings. The highest BCUT2D eigenvalue weighted by molar-refractivity contribution is 5.95. The van der Waals surface area contributed by atoms with E-state index >= 15 is 0 Å². The highest BCUT2D eigenvalue weighted by Gasteiger charge is 2.22. The Morgan fingerprint density at radius 1 is 1.07 bits per heavy atom. The molecule has 0 spiro atoms. The second-order valence-electron chi connectivity index (χ2n) is 8.10. The number of aryl methyl sites for hydroxylation is 1. The van der Waals surface area contributed by atoms with Crippen LogP contribution < -0.4 is 5.32 Å². The van der Waals surface area contributed by atoms with Gasteiger partial charge in [-0.3, -0.25) is 0 Å². The number of rotatable bonds is 6. The Balaban J connectivity index is 1.33. The number of aromatic nitrogens is 3. The first-order chi connectivity index (χ1) is 14.3. The van der Waals surface area contributed by atoms with E-state index in [9.17, 15) is 4.39 Å². The van der Waals surface area contributed by atoms with Gasteiger partial charge in [0.05, 0.1) is 11.0 Å². The molecule has 0 amide bonds. The van der Waals surface area contributed by atoms with Crippen LogP contribution in [0.4, 0.5) is 4.39 Å². The summed E-state index contributed by atoms with van der Waals surface area (Å²) in [7, 11) is 0. The molecule has 0 aliphatic carbocycles. The summed E-state index contributed by atoms with van der Waals surface area (Å²) in [5.74, 6) is 1.13. The molecule has 0 saturated carbocycles. The molecule has 1 unspecified atom stereocenters. The molecule has 29 heavy (non-hydrogen) atoms. The number of para-hydroxylation sites is 2. The number of hydrogen-bond acceptors (Lipinski definition) is 2. The molecule has 5 rings (SSSR count). The first-order valence-electron chi connectivity index (χ1n) is 10.7. The largest absolute Gasteiger partial charge is 0.347 e. The number of hydrogen-bond donors (Lipinski definition) is 2. The van der Waals surface area contributed by atoms with Gasteiger partial charge in [0, 0.05) is 29.2 Å². The SMILES string of the molecule is FC(CCCn1ccc2c(-c3nc4ccccc4[nH]3)cccc21)C1CCNCC1. The molecule has 2 aromatic heterocycles. The van der Waals surface area contributed by atoms with E-state index in [0.29, 0.717) is 6.42 Å². The third-order valence-electron chi connectivity index (χ3n) is 6.23. The van der Waals surface area contributed by atoms with Crippen LogP contribution in [0, 0.1) is 5.92 Å². The Morgan fingerprint density at radius 3 is 2.79 bits per heavy atom. The van der Waals surface area contributed by atoms with Gasteiger partial charge in [0.1, 0.15) is 12.0 Å².